The molecule has 4 rings (SSSR count). The van der Waals surface area contributed by atoms with Gasteiger partial charge in [0.05, 0.1) is 5.69 Å². The van der Waals surface area contributed by atoms with Crippen LogP contribution in [0.3, 0.4) is 0 Å². The van der Waals surface area contributed by atoms with Crippen LogP contribution in [0.5, 0.6) is 5.75 Å². The molecule has 1 saturated heterocycles. The van der Waals surface area contributed by atoms with E-state index < -0.39 is 11.9 Å². The topological polar surface area (TPSA) is 58.2 Å². The summed E-state index contributed by atoms with van der Waals surface area (Å²) in [5.74, 6) is 0.0226. The molecule has 5 nitrogen and oxygen atoms in total. The second-order valence-corrected chi connectivity index (χ2v) is 6.64. The molecule has 1 N–H and O–H groups in total. The first kappa shape index (κ1) is 15.2. The summed E-state index contributed by atoms with van der Waals surface area (Å²) in [6, 6.07) is 6.87. The van der Waals surface area contributed by atoms with Gasteiger partial charge in [-0.3, -0.25) is 9.89 Å². The average molecular weight is 329 g/mol. The van der Waals surface area contributed by atoms with Crippen molar-refractivity contribution in [2.45, 2.75) is 38.2 Å². The van der Waals surface area contributed by atoms with Gasteiger partial charge in [-0.25, -0.2) is 4.39 Å². The zero-order chi connectivity index (χ0) is 16.7. The monoisotopic (exact) mass is 329 g/mol. The van der Waals surface area contributed by atoms with Gasteiger partial charge in [0.2, 0.25) is 0 Å². The van der Waals surface area contributed by atoms with Gasteiger partial charge in [0.25, 0.3) is 5.91 Å². The maximum atomic E-state index is 13.8. The summed E-state index contributed by atoms with van der Waals surface area (Å²) in [5.41, 5.74) is 2.80. The van der Waals surface area contributed by atoms with Gasteiger partial charge in [-0.15, -0.1) is 0 Å². The molecule has 2 atom stereocenters. The molecule has 0 bridgehead atoms. The Kier molecular flexibility index (Phi) is 3.75. The average Bonchev–Trinajstić information content (AvgIpc) is 3.21. The number of hydrogen-bond acceptors (Lipinski definition) is 3. The zero-order valence-electron chi connectivity index (χ0n) is 13.6. The van der Waals surface area contributed by atoms with Crippen molar-refractivity contribution in [3.8, 4) is 5.75 Å². The van der Waals surface area contributed by atoms with Crippen LogP contribution in [-0.4, -0.2) is 40.2 Å². The highest BCUT2D eigenvalue weighted by Crippen LogP contribution is 2.33. The standard InChI is InChI=1S/C18H20FN3O2/c1-11-8-15(21-20-11)13-5-3-7-22(10-13)18(23)16-9-12-4-2-6-14(19)17(12)24-16/h2,4,6,8,13,16H,3,5,7,9-10H2,1H3,(H,20,21)/t13-,16-/m0/s1. The molecule has 1 fully saturated rings. The minimum absolute atomic E-state index is 0.0532. The van der Waals surface area contributed by atoms with Crippen LogP contribution in [-0.2, 0) is 11.2 Å². The first-order valence-corrected chi connectivity index (χ1v) is 8.36. The van der Waals surface area contributed by atoms with Gasteiger partial charge in [0.1, 0.15) is 0 Å². The molecule has 24 heavy (non-hydrogen) atoms. The molecule has 2 aromatic rings. The SMILES string of the molecule is Cc1cc([C@H]2CCCN(C(=O)[C@@H]3Cc4cccc(F)c4O3)C2)n[nH]1. The number of rotatable bonds is 2. The highest BCUT2D eigenvalue weighted by atomic mass is 19.1. The summed E-state index contributed by atoms with van der Waals surface area (Å²) in [4.78, 5) is 14.7. The number of carbonyl (C=O) groups excluding carboxylic acids is 1. The molecule has 0 saturated carbocycles. The minimum Gasteiger partial charge on any atom is -0.477 e. The minimum atomic E-state index is -0.614. The maximum Gasteiger partial charge on any atom is 0.264 e. The van der Waals surface area contributed by atoms with Crippen LogP contribution < -0.4 is 4.74 Å². The third kappa shape index (κ3) is 2.66. The van der Waals surface area contributed by atoms with Gasteiger partial charge < -0.3 is 9.64 Å². The van der Waals surface area contributed by atoms with Gasteiger partial charge >= 0.3 is 0 Å². The van der Waals surface area contributed by atoms with E-state index in [4.69, 9.17) is 4.74 Å². The molecule has 0 unspecified atom stereocenters. The van der Waals surface area contributed by atoms with Gasteiger partial charge in [0.15, 0.2) is 17.7 Å². The van der Waals surface area contributed by atoms with Crippen molar-refractivity contribution in [2.24, 2.45) is 0 Å². The Labute approximate surface area is 139 Å². The Balaban J connectivity index is 1.46. The first-order chi connectivity index (χ1) is 11.6. The molecular formula is C18H20FN3O2. The number of H-pyrrole nitrogens is 1. The molecule has 0 spiro atoms. The highest BCUT2D eigenvalue weighted by molar-refractivity contribution is 5.82. The van der Waals surface area contributed by atoms with Crippen LogP contribution in [0.4, 0.5) is 4.39 Å². The number of benzene rings is 1. The number of nitrogens with one attached hydrogen (secondary N) is 1. The Morgan fingerprint density at radius 2 is 2.33 bits per heavy atom. The number of piperidine rings is 1. The van der Waals surface area contributed by atoms with E-state index in [1.807, 2.05) is 24.0 Å². The molecule has 0 radical (unpaired) electrons. The predicted octanol–water partition coefficient (Wildman–Crippen LogP) is 2.57. The highest BCUT2D eigenvalue weighted by Gasteiger charge is 2.36. The lowest BCUT2D eigenvalue weighted by Gasteiger charge is -2.33. The van der Waals surface area contributed by atoms with E-state index in [1.54, 1.807) is 6.07 Å². The number of para-hydroxylation sites is 1. The number of likely N-dealkylation sites (tertiary alicyclic amines) is 1. The lowest BCUT2D eigenvalue weighted by Crippen LogP contribution is -2.46. The summed E-state index contributed by atoms with van der Waals surface area (Å²) in [7, 11) is 0. The van der Waals surface area contributed by atoms with Crippen molar-refractivity contribution in [1.82, 2.24) is 15.1 Å². The van der Waals surface area contributed by atoms with E-state index in [-0.39, 0.29) is 17.6 Å². The van der Waals surface area contributed by atoms with Gasteiger partial charge in [0, 0.05) is 36.7 Å². The number of nitrogens with zero attached hydrogens (tertiary/aromatic N) is 2. The van der Waals surface area contributed by atoms with E-state index in [1.165, 1.54) is 6.07 Å². The lowest BCUT2D eigenvalue weighted by molar-refractivity contribution is -0.139. The second-order valence-electron chi connectivity index (χ2n) is 6.64. The van der Waals surface area contributed by atoms with Crippen LogP contribution in [0.25, 0.3) is 0 Å². The van der Waals surface area contributed by atoms with E-state index in [0.717, 1.165) is 36.3 Å². The summed E-state index contributed by atoms with van der Waals surface area (Å²) < 4.78 is 19.4. The number of fused-ring (bicyclic) bond motifs is 1. The van der Waals surface area contributed by atoms with Crippen molar-refractivity contribution in [2.75, 3.05) is 13.1 Å². The molecule has 1 aromatic carbocycles. The maximum absolute atomic E-state index is 13.8. The number of aromatic nitrogens is 2. The smallest absolute Gasteiger partial charge is 0.264 e. The van der Waals surface area contributed by atoms with Crippen LogP contribution in [0.15, 0.2) is 24.3 Å². The van der Waals surface area contributed by atoms with Crippen molar-refractivity contribution < 1.29 is 13.9 Å². The molecule has 6 heteroatoms. The van der Waals surface area contributed by atoms with Gasteiger partial charge in [-0.1, -0.05) is 12.1 Å². The molecule has 0 aliphatic carbocycles. The van der Waals surface area contributed by atoms with E-state index in [9.17, 15) is 9.18 Å². The van der Waals surface area contributed by atoms with E-state index in [0.29, 0.717) is 13.0 Å². The van der Waals surface area contributed by atoms with Crippen LogP contribution in [0, 0.1) is 12.7 Å². The summed E-state index contributed by atoms with van der Waals surface area (Å²) in [5, 5.41) is 7.29. The summed E-state index contributed by atoms with van der Waals surface area (Å²) in [6.07, 6.45) is 1.79. The molecule has 1 amide bonds. The van der Waals surface area contributed by atoms with Gasteiger partial charge in [-0.05, 0) is 31.9 Å². The fourth-order valence-electron chi connectivity index (χ4n) is 3.64. The number of aromatic amines is 1. The second kappa shape index (κ2) is 5.92. The Bertz CT molecular complexity index is 773. The third-order valence-corrected chi connectivity index (χ3v) is 4.87. The predicted molar refractivity (Wildman–Crippen MR) is 86.4 cm³/mol. The Morgan fingerprint density at radius 3 is 3.08 bits per heavy atom. The van der Waals surface area contributed by atoms with E-state index in [2.05, 4.69) is 10.2 Å². The van der Waals surface area contributed by atoms with Crippen molar-refractivity contribution in [3.63, 3.8) is 0 Å². The molecular weight excluding hydrogens is 309 g/mol. The quantitative estimate of drug-likeness (QED) is 0.921. The van der Waals surface area contributed by atoms with Crippen molar-refractivity contribution in [3.05, 3.63) is 47.0 Å². The fourth-order valence-corrected chi connectivity index (χ4v) is 3.64. The molecule has 2 aliphatic rings. The van der Waals surface area contributed by atoms with Crippen LogP contribution >= 0.6 is 0 Å². The Hall–Kier alpha value is -2.37. The molecule has 2 aliphatic heterocycles. The fraction of sp³-hybridized carbons (Fsp3) is 0.444. The normalized spacial score (nSPS) is 23.0. The van der Waals surface area contributed by atoms with Crippen LogP contribution in [0.2, 0.25) is 0 Å². The Morgan fingerprint density at radius 1 is 1.46 bits per heavy atom. The first-order valence-electron chi connectivity index (χ1n) is 8.36. The molecule has 126 valence electrons. The van der Waals surface area contributed by atoms with E-state index >= 15 is 0 Å². The third-order valence-electron chi connectivity index (χ3n) is 4.87. The number of carbonyl (C=O) groups is 1. The molecule has 3 heterocycles. The summed E-state index contributed by atoms with van der Waals surface area (Å²) >= 11 is 0. The number of halogens is 1. The largest absolute Gasteiger partial charge is 0.477 e. The zero-order valence-corrected chi connectivity index (χ0v) is 13.6. The number of aryl methyl sites for hydroxylation is 1. The van der Waals surface area contributed by atoms with Crippen molar-refractivity contribution >= 4 is 5.91 Å². The number of ether oxygens (including phenoxy) is 1. The van der Waals surface area contributed by atoms with Crippen molar-refractivity contribution in [1.29, 1.82) is 0 Å². The number of amides is 1. The summed E-state index contributed by atoms with van der Waals surface area (Å²) in [6.45, 7) is 3.33. The lowest BCUT2D eigenvalue weighted by atomic mass is 9.94. The molecule has 1 aromatic heterocycles. The number of hydrogen-bond donors (Lipinski definition) is 1. The van der Waals surface area contributed by atoms with Gasteiger partial charge in [-0.2, -0.15) is 5.10 Å². The van der Waals surface area contributed by atoms with Crippen LogP contribution in [0.1, 0.15) is 35.7 Å².